The predicted molar refractivity (Wildman–Crippen MR) is 138 cm³/mol. The van der Waals surface area contributed by atoms with E-state index in [4.69, 9.17) is 16.3 Å². The molecule has 1 aromatic rings. The zero-order valence-corrected chi connectivity index (χ0v) is 22.0. The quantitative estimate of drug-likeness (QED) is 0.395. The molecule has 9 heteroatoms. The summed E-state index contributed by atoms with van der Waals surface area (Å²) in [6.45, 7) is 10.1. The number of nitrogens with zero attached hydrogens (tertiary/aromatic N) is 2. The summed E-state index contributed by atoms with van der Waals surface area (Å²) < 4.78 is 4.19. The Morgan fingerprint density at radius 2 is 2.14 bits per heavy atom. The number of carbonyl (C=O) groups excluding carboxylic acids is 3. The Kier molecular flexibility index (Phi) is 7.28. The van der Waals surface area contributed by atoms with E-state index >= 15 is 0 Å². The minimum absolute atomic E-state index is 0.103. The molecule has 0 aromatic heterocycles. The van der Waals surface area contributed by atoms with Crippen molar-refractivity contribution in [1.82, 2.24) is 4.90 Å². The number of halogens is 1. The molecular formula is C26H33ClN2O5S. The van der Waals surface area contributed by atoms with Gasteiger partial charge in [0.1, 0.15) is 6.04 Å². The minimum atomic E-state index is -0.784. The van der Waals surface area contributed by atoms with Crippen LogP contribution in [0.5, 0.6) is 0 Å². The number of likely N-dealkylation sites (tertiary alicyclic amines) is 1. The minimum Gasteiger partial charge on any atom is -0.466 e. The number of thioether (sulfide) groups is 1. The van der Waals surface area contributed by atoms with Crippen LogP contribution in [0.15, 0.2) is 30.9 Å². The van der Waals surface area contributed by atoms with Crippen LogP contribution < -0.4 is 4.90 Å². The first-order valence-corrected chi connectivity index (χ1v) is 13.3. The smallest absolute Gasteiger partial charge is 0.311 e. The summed E-state index contributed by atoms with van der Waals surface area (Å²) in [7, 11) is 0. The third-order valence-electron chi connectivity index (χ3n) is 7.64. The van der Waals surface area contributed by atoms with E-state index in [9.17, 15) is 19.5 Å². The van der Waals surface area contributed by atoms with Crippen LogP contribution in [0.3, 0.4) is 0 Å². The molecule has 3 heterocycles. The Balaban J connectivity index is 1.83. The first-order valence-electron chi connectivity index (χ1n) is 12.1. The van der Waals surface area contributed by atoms with Crippen molar-refractivity contribution in [3.05, 3.63) is 41.4 Å². The molecule has 2 bridgehead atoms. The average Bonchev–Trinajstić information content (AvgIpc) is 3.37. The van der Waals surface area contributed by atoms with E-state index in [0.29, 0.717) is 23.6 Å². The number of aliphatic hydroxyl groups is 1. The van der Waals surface area contributed by atoms with Crippen LogP contribution in [0.1, 0.15) is 38.7 Å². The Morgan fingerprint density at radius 1 is 1.40 bits per heavy atom. The molecule has 4 rings (SSSR count). The molecule has 3 aliphatic rings. The Hall–Kier alpha value is -2.03. The molecule has 3 aliphatic heterocycles. The van der Waals surface area contributed by atoms with Crippen molar-refractivity contribution in [1.29, 1.82) is 0 Å². The fraction of sp³-hybridized carbons (Fsp3) is 0.577. The van der Waals surface area contributed by atoms with Crippen LogP contribution in [0.4, 0.5) is 5.69 Å². The number of aryl methyl sites for hydroxylation is 1. The van der Waals surface area contributed by atoms with Crippen molar-refractivity contribution in [3.8, 4) is 0 Å². The number of carbonyl (C=O) groups is 3. The number of fused-ring (bicyclic) bond motifs is 1. The van der Waals surface area contributed by atoms with Gasteiger partial charge in [-0.3, -0.25) is 14.4 Å². The van der Waals surface area contributed by atoms with E-state index in [1.165, 1.54) is 0 Å². The number of ether oxygens (including phenoxy) is 1. The van der Waals surface area contributed by atoms with Crippen molar-refractivity contribution in [2.45, 2.75) is 55.6 Å². The van der Waals surface area contributed by atoms with Gasteiger partial charge in [0, 0.05) is 24.4 Å². The molecule has 0 aliphatic carbocycles. The lowest BCUT2D eigenvalue weighted by atomic mass is 9.66. The lowest BCUT2D eigenvalue weighted by molar-refractivity contribution is -0.155. The van der Waals surface area contributed by atoms with Crippen molar-refractivity contribution in [3.63, 3.8) is 0 Å². The summed E-state index contributed by atoms with van der Waals surface area (Å²) in [5, 5.41) is 9.97. The molecule has 1 aromatic carbocycles. The summed E-state index contributed by atoms with van der Waals surface area (Å²) in [6.07, 6.45) is 3.36. The molecule has 3 fully saturated rings. The highest BCUT2D eigenvalue weighted by Crippen LogP contribution is 2.71. The van der Waals surface area contributed by atoms with Crippen LogP contribution in [-0.2, 0) is 19.1 Å². The largest absolute Gasteiger partial charge is 0.466 e. The number of rotatable bonds is 9. The summed E-state index contributed by atoms with van der Waals surface area (Å²) in [5.41, 5.74) is 1.44. The molecule has 7 nitrogen and oxygen atoms in total. The van der Waals surface area contributed by atoms with E-state index in [0.717, 1.165) is 12.0 Å². The van der Waals surface area contributed by atoms with E-state index in [1.807, 2.05) is 26.0 Å². The molecule has 0 radical (unpaired) electrons. The molecule has 1 spiro atoms. The molecule has 2 amide bonds. The SMILES string of the molecule is C=CCN(C(=O)C1N(CCCO)C(=O)[C@@H]2[C@H](C(=O)OCC)[C@]3(C)CCC12S3)c1c(C)cccc1Cl. The van der Waals surface area contributed by atoms with Gasteiger partial charge in [-0.2, -0.15) is 0 Å². The number of hydrogen-bond donors (Lipinski definition) is 1. The molecule has 35 heavy (non-hydrogen) atoms. The third kappa shape index (κ3) is 3.98. The van der Waals surface area contributed by atoms with Crippen LogP contribution in [0.2, 0.25) is 5.02 Å². The molecule has 1 N–H and O–H groups in total. The molecule has 3 saturated heterocycles. The van der Waals surface area contributed by atoms with Gasteiger partial charge in [-0.1, -0.05) is 29.8 Å². The molecule has 2 unspecified atom stereocenters. The van der Waals surface area contributed by atoms with Gasteiger partial charge in [0.15, 0.2) is 0 Å². The maximum atomic E-state index is 14.4. The van der Waals surface area contributed by atoms with Crippen molar-refractivity contribution >= 4 is 46.8 Å². The van der Waals surface area contributed by atoms with Gasteiger partial charge in [-0.05, 0) is 51.7 Å². The molecule has 0 saturated carbocycles. The van der Waals surface area contributed by atoms with Gasteiger partial charge < -0.3 is 19.6 Å². The zero-order valence-electron chi connectivity index (χ0n) is 20.5. The van der Waals surface area contributed by atoms with E-state index < -0.39 is 27.4 Å². The summed E-state index contributed by atoms with van der Waals surface area (Å²) in [6, 6.07) is 4.68. The number of benzene rings is 1. The van der Waals surface area contributed by atoms with Crippen molar-refractivity contribution in [2.24, 2.45) is 11.8 Å². The highest BCUT2D eigenvalue weighted by Gasteiger charge is 2.77. The molecule has 5 atom stereocenters. The highest BCUT2D eigenvalue weighted by atomic mass is 35.5. The monoisotopic (exact) mass is 520 g/mol. The third-order valence-corrected chi connectivity index (χ3v) is 9.94. The van der Waals surface area contributed by atoms with Crippen molar-refractivity contribution < 1.29 is 24.2 Å². The summed E-state index contributed by atoms with van der Waals surface area (Å²) in [4.78, 5) is 44.6. The number of anilines is 1. The average molecular weight is 521 g/mol. The van der Waals surface area contributed by atoms with Gasteiger partial charge in [-0.15, -0.1) is 18.3 Å². The van der Waals surface area contributed by atoms with E-state index in [1.54, 1.807) is 40.6 Å². The summed E-state index contributed by atoms with van der Waals surface area (Å²) >= 11 is 8.16. The molecule has 190 valence electrons. The number of aliphatic hydroxyl groups excluding tert-OH is 1. The Morgan fingerprint density at radius 3 is 2.77 bits per heavy atom. The second-order valence-corrected chi connectivity index (χ2v) is 12.0. The van der Waals surface area contributed by atoms with Crippen molar-refractivity contribution in [2.75, 3.05) is 31.2 Å². The maximum Gasteiger partial charge on any atom is 0.311 e. The second-order valence-electron chi connectivity index (χ2n) is 9.73. The first kappa shape index (κ1) is 26.0. The van der Waals surface area contributed by atoms with Gasteiger partial charge in [0.05, 0.1) is 33.9 Å². The maximum absolute atomic E-state index is 14.4. The molecular weight excluding hydrogens is 488 g/mol. The number of para-hydroxylation sites is 1. The fourth-order valence-corrected chi connectivity index (χ4v) is 8.97. The van der Waals surface area contributed by atoms with Crippen LogP contribution in [0.25, 0.3) is 0 Å². The van der Waals surface area contributed by atoms with Crippen LogP contribution in [-0.4, -0.2) is 69.6 Å². The van der Waals surface area contributed by atoms with Gasteiger partial charge in [0.2, 0.25) is 5.91 Å². The van der Waals surface area contributed by atoms with E-state index in [2.05, 4.69) is 6.58 Å². The van der Waals surface area contributed by atoms with Gasteiger partial charge in [-0.25, -0.2) is 0 Å². The number of hydrogen-bond acceptors (Lipinski definition) is 6. The van der Waals surface area contributed by atoms with Crippen LogP contribution >= 0.6 is 23.4 Å². The van der Waals surface area contributed by atoms with Gasteiger partial charge in [0.25, 0.3) is 5.91 Å². The first-order chi connectivity index (χ1) is 16.7. The number of esters is 1. The highest BCUT2D eigenvalue weighted by molar-refractivity contribution is 8.02. The van der Waals surface area contributed by atoms with Gasteiger partial charge >= 0.3 is 5.97 Å². The number of amides is 2. The lowest BCUT2D eigenvalue weighted by Crippen LogP contribution is -2.55. The lowest BCUT2D eigenvalue weighted by Gasteiger charge is -2.37. The fourth-order valence-electron chi connectivity index (χ4n) is 6.31. The predicted octanol–water partition coefficient (Wildman–Crippen LogP) is 3.59. The normalized spacial score (nSPS) is 30.9. The Bertz CT molecular complexity index is 1030. The zero-order chi connectivity index (χ0) is 25.5. The topological polar surface area (TPSA) is 87.2 Å². The van der Waals surface area contributed by atoms with Crippen LogP contribution in [0, 0.1) is 18.8 Å². The standard InChI is InChI=1S/C26H33ClN2O5S/c1-5-13-28(20-16(3)9-7-10-17(20)27)23(32)21-26-12-11-25(4,35-26)19(24(33)34-6-2)18(26)22(31)29(21)14-8-15-30/h5,7,9-10,18-19,21,30H,1,6,8,11-15H2,2-4H3/t18-,19+,21?,25-,26?/m0/s1. The van der Waals surface area contributed by atoms with E-state index in [-0.39, 0.29) is 44.1 Å². The Labute approximate surface area is 215 Å². The second kappa shape index (κ2) is 9.79. The summed E-state index contributed by atoms with van der Waals surface area (Å²) in [5.74, 6) is -2.08.